The molecule has 2 heteroatoms. The third-order valence-electron chi connectivity index (χ3n) is 2.11. The van der Waals surface area contributed by atoms with E-state index in [1.807, 2.05) is 11.3 Å². The summed E-state index contributed by atoms with van der Waals surface area (Å²) in [5.74, 6) is 0. The van der Waals surface area contributed by atoms with E-state index in [4.69, 9.17) is 0 Å². The SMILES string of the molecule is CCCNCC/C=C/c1ccsc1C. The van der Waals surface area contributed by atoms with Crippen molar-refractivity contribution in [2.24, 2.45) is 0 Å². The van der Waals surface area contributed by atoms with Crippen molar-refractivity contribution in [1.29, 1.82) is 0 Å². The summed E-state index contributed by atoms with van der Waals surface area (Å²) in [7, 11) is 0. The summed E-state index contributed by atoms with van der Waals surface area (Å²) in [5, 5.41) is 5.52. The van der Waals surface area contributed by atoms with Crippen LogP contribution in [0.4, 0.5) is 0 Å². The fraction of sp³-hybridized carbons (Fsp3) is 0.500. The number of nitrogens with one attached hydrogen (secondary N) is 1. The third kappa shape index (κ3) is 4.07. The predicted molar refractivity (Wildman–Crippen MR) is 65.9 cm³/mol. The van der Waals surface area contributed by atoms with Crippen LogP contribution in [0, 0.1) is 6.92 Å². The quantitative estimate of drug-likeness (QED) is 0.707. The molecule has 0 aliphatic carbocycles. The van der Waals surface area contributed by atoms with E-state index in [1.54, 1.807) is 0 Å². The number of aryl methyl sites for hydroxylation is 1. The molecule has 0 spiro atoms. The maximum absolute atomic E-state index is 3.38. The van der Waals surface area contributed by atoms with Gasteiger partial charge in [-0.1, -0.05) is 19.1 Å². The molecule has 0 fully saturated rings. The second kappa shape index (κ2) is 6.80. The minimum atomic E-state index is 1.09. The van der Waals surface area contributed by atoms with E-state index in [2.05, 4.69) is 42.8 Å². The first-order chi connectivity index (χ1) is 6.84. The van der Waals surface area contributed by atoms with Crippen LogP contribution in [-0.4, -0.2) is 13.1 Å². The van der Waals surface area contributed by atoms with Gasteiger partial charge in [-0.25, -0.2) is 0 Å². The Balaban J connectivity index is 2.18. The highest BCUT2D eigenvalue weighted by Gasteiger charge is 1.92. The second-order valence-electron chi connectivity index (χ2n) is 3.37. The molecule has 0 atom stereocenters. The monoisotopic (exact) mass is 209 g/mol. The van der Waals surface area contributed by atoms with E-state index in [-0.39, 0.29) is 0 Å². The van der Waals surface area contributed by atoms with Crippen LogP contribution in [0.3, 0.4) is 0 Å². The van der Waals surface area contributed by atoms with E-state index in [0.717, 1.165) is 19.5 Å². The maximum atomic E-state index is 3.38. The molecule has 0 unspecified atom stereocenters. The molecule has 1 rings (SSSR count). The molecule has 1 aromatic heterocycles. The fourth-order valence-electron chi connectivity index (χ4n) is 1.27. The lowest BCUT2D eigenvalue weighted by Gasteiger charge is -1.98. The van der Waals surface area contributed by atoms with Crippen LogP contribution < -0.4 is 5.32 Å². The van der Waals surface area contributed by atoms with Crippen molar-refractivity contribution in [1.82, 2.24) is 5.32 Å². The fourth-order valence-corrected chi connectivity index (χ4v) is 1.96. The smallest absolute Gasteiger partial charge is 0.00864 e. The Morgan fingerprint density at radius 1 is 1.43 bits per heavy atom. The van der Waals surface area contributed by atoms with Gasteiger partial charge in [0.15, 0.2) is 0 Å². The Bertz CT molecular complexity index is 276. The van der Waals surface area contributed by atoms with E-state index >= 15 is 0 Å². The van der Waals surface area contributed by atoms with Crippen molar-refractivity contribution in [3.05, 3.63) is 28.0 Å². The largest absolute Gasteiger partial charge is 0.316 e. The molecule has 0 aromatic carbocycles. The molecular weight excluding hydrogens is 190 g/mol. The minimum Gasteiger partial charge on any atom is -0.316 e. The lowest BCUT2D eigenvalue weighted by Crippen LogP contribution is -2.14. The molecule has 1 aromatic rings. The molecule has 0 saturated carbocycles. The maximum Gasteiger partial charge on any atom is 0.00864 e. The van der Waals surface area contributed by atoms with Crippen LogP contribution >= 0.6 is 11.3 Å². The first kappa shape index (κ1) is 11.5. The van der Waals surface area contributed by atoms with Gasteiger partial charge in [-0.2, -0.15) is 0 Å². The molecule has 0 aliphatic rings. The van der Waals surface area contributed by atoms with Crippen molar-refractivity contribution in [2.75, 3.05) is 13.1 Å². The van der Waals surface area contributed by atoms with E-state index < -0.39 is 0 Å². The summed E-state index contributed by atoms with van der Waals surface area (Å²) in [6.07, 6.45) is 6.81. The first-order valence-corrected chi connectivity index (χ1v) is 6.14. The summed E-state index contributed by atoms with van der Waals surface area (Å²) in [6, 6.07) is 2.18. The van der Waals surface area contributed by atoms with Crippen LogP contribution in [0.25, 0.3) is 6.08 Å². The highest BCUT2D eigenvalue weighted by Crippen LogP contribution is 2.16. The summed E-state index contributed by atoms with van der Waals surface area (Å²) < 4.78 is 0. The zero-order valence-electron chi connectivity index (χ0n) is 9.05. The molecule has 0 radical (unpaired) electrons. The van der Waals surface area contributed by atoms with Gasteiger partial charge < -0.3 is 5.32 Å². The number of hydrogen-bond donors (Lipinski definition) is 1. The van der Waals surface area contributed by atoms with Gasteiger partial charge in [-0.15, -0.1) is 11.3 Å². The Kier molecular flexibility index (Phi) is 5.57. The van der Waals surface area contributed by atoms with Gasteiger partial charge >= 0.3 is 0 Å². The first-order valence-electron chi connectivity index (χ1n) is 5.26. The molecule has 14 heavy (non-hydrogen) atoms. The average Bonchev–Trinajstić information content (AvgIpc) is 2.58. The minimum absolute atomic E-state index is 1.09. The lowest BCUT2D eigenvalue weighted by atomic mass is 10.2. The van der Waals surface area contributed by atoms with Gasteiger partial charge in [0.2, 0.25) is 0 Å². The molecule has 1 heterocycles. The van der Waals surface area contributed by atoms with Crippen LogP contribution in [0.5, 0.6) is 0 Å². The van der Waals surface area contributed by atoms with Crippen molar-refractivity contribution in [2.45, 2.75) is 26.7 Å². The Morgan fingerprint density at radius 3 is 2.93 bits per heavy atom. The molecule has 1 N–H and O–H groups in total. The van der Waals surface area contributed by atoms with Crippen molar-refractivity contribution >= 4 is 17.4 Å². The summed E-state index contributed by atoms with van der Waals surface area (Å²) >= 11 is 1.81. The summed E-state index contributed by atoms with van der Waals surface area (Å²) in [5.41, 5.74) is 1.37. The average molecular weight is 209 g/mol. The summed E-state index contributed by atoms with van der Waals surface area (Å²) in [6.45, 7) is 6.58. The number of rotatable bonds is 6. The van der Waals surface area contributed by atoms with Gasteiger partial charge in [-0.05, 0) is 49.9 Å². The van der Waals surface area contributed by atoms with Gasteiger partial charge in [0.05, 0.1) is 0 Å². The van der Waals surface area contributed by atoms with Crippen molar-refractivity contribution < 1.29 is 0 Å². The van der Waals surface area contributed by atoms with Crippen LogP contribution in [-0.2, 0) is 0 Å². The van der Waals surface area contributed by atoms with Gasteiger partial charge in [0.25, 0.3) is 0 Å². The van der Waals surface area contributed by atoms with Crippen LogP contribution in [0.15, 0.2) is 17.5 Å². The highest BCUT2D eigenvalue weighted by molar-refractivity contribution is 7.10. The highest BCUT2D eigenvalue weighted by atomic mass is 32.1. The normalized spacial score (nSPS) is 11.3. The Morgan fingerprint density at radius 2 is 2.29 bits per heavy atom. The van der Waals surface area contributed by atoms with E-state index in [0.29, 0.717) is 0 Å². The molecular formula is C12H19NS. The Labute approximate surface area is 90.9 Å². The second-order valence-corrected chi connectivity index (χ2v) is 4.49. The van der Waals surface area contributed by atoms with Gasteiger partial charge in [0.1, 0.15) is 0 Å². The molecule has 0 bridgehead atoms. The molecule has 1 nitrogen and oxygen atoms in total. The topological polar surface area (TPSA) is 12.0 Å². The van der Waals surface area contributed by atoms with E-state index in [9.17, 15) is 0 Å². The predicted octanol–water partition coefficient (Wildman–Crippen LogP) is 3.46. The zero-order valence-corrected chi connectivity index (χ0v) is 9.86. The molecule has 0 amide bonds. The van der Waals surface area contributed by atoms with Gasteiger partial charge in [-0.3, -0.25) is 0 Å². The van der Waals surface area contributed by atoms with Crippen molar-refractivity contribution in [3.63, 3.8) is 0 Å². The Hall–Kier alpha value is -0.600. The lowest BCUT2D eigenvalue weighted by molar-refractivity contribution is 0.679. The van der Waals surface area contributed by atoms with Crippen molar-refractivity contribution in [3.8, 4) is 0 Å². The van der Waals surface area contributed by atoms with Gasteiger partial charge in [0, 0.05) is 4.88 Å². The number of thiophene rings is 1. The zero-order chi connectivity index (χ0) is 10.2. The van der Waals surface area contributed by atoms with E-state index in [1.165, 1.54) is 16.9 Å². The molecule has 0 saturated heterocycles. The molecule has 0 aliphatic heterocycles. The third-order valence-corrected chi connectivity index (χ3v) is 2.97. The summed E-state index contributed by atoms with van der Waals surface area (Å²) in [4.78, 5) is 1.41. The standard InChI is InChI=1S/C12H19NS/c1-3-8-13-9-5-4-6-12-7-10-14-11(12)2/h4,6-7,10,13H,3,5,8-9H2,1-2H3/b6-4+. The van der Waals surface area contributed by atoms with Crippen LogP contribution in [0.2, 0.25) is 0 Å². The number of hydrogen-bond acceptors (Lipinski definition) is 2. The molecule has 78 valence electrons. The van der Waals surface area contributed by atoms with Crippen LogP contribution in [0.1, 0.15) is 30.2 Å².